The molecule has 11 heteroatoms. The Hall–Kier alpha value is -2.43. The van der Waals surface area contributed by atoms with E-state index in [0.717, 1.165) is 11.4 Å². The summed E-state index contributed by atoms with van der Waals surface area (Å²) in [5, 5.41) is 4.60. The van der Waals surface area contributed by atoms with E-state index in [9.17, 15) is 18.0 Å². The number of Topliss-reactive ketones (excluding diaryl/α,β-unsaturated/α-hetero) is 1. The molecule has 1 saturated heterocycles. The molecule has 2 aromatic rings. The maximum absolute atomic E-state index is 12.6. The van der Waals surface area contributed by atoms with Crippen molar-refractivity contribution in [3.8, 4) is 0 Å². The zero-order chi connectivity index (χ0) is 24.3. The molecule has 3 rings (SSSR count). The van der Waals surface area contributed by atoms with Crippen LogP contribution in [0.1, 0.15) is 45.5 Å². The lowest BCUT2D eigenvalue weighted by molar-refractivity contribution is -0.136. The summed E-state index contributed by atoms with van der Waals surface area (Å²) < 4.78 is 37.2. The van der Waals surface area contributed by atoms with E-state index >= 15 is 0 Å². The molecule has 0 radical (unpaired) electrons. The summed E-state index contributed by atoms with van der Waals surface area (Å²) in [5.74, 6) is -0.887. The SMILES string of the molecule is COCCn1c(C)cc(C(=O)COC(=O)/C=C/c2c(C)nn([C@H]3CCS(=O)(=O)C3)c2Cl)c1C. The van der Waals surface area contributed by atoms with E-state index < -0.39 is 15.8 Å². The second-order valence-electron chi connectivity index (χ2n) is 8.08. The summed E-state index contributed by atoms with van der Waals surface area (Å²) >= 11 is 6.40. The maximum atomic E-state index is 12.6. The third-order valence-corrected chi connectivity index (χ3v) is 7.88. The van der Waals surface area contributed by atoms with Crippen molar-refractivity contribution in [2.24, 2.45) is 0 Å². The lowest BCUT2D eigenvalue weighted by atomic mass is 10.1. The van der Waals surface area contributed by atoms with Crippen molar-refractivity contribution < 1.29 is 27.5 Å². The molecular formula is C22H28ClN3O6S. The quantitative estimate of drug-likeness (QED) is 0.297. The maximum Gasteiger partial charge on any atom is 0.331 e. The van der Waals surface area contributed by atoms with Crippen molar-refractivity contribution in [2.75, 3.05) is 31.8 Å². The molecule has 3 heterocycles. The zero-order valence-electron chi connectivity index (χ0n) is 19.1. The lowest BCUT2D eigenvalue weighted by Gasteiger charge is -2.09. The van der Waals surface area contributed by atoms with Gasteiger partial charge in [0, 0.05) is 42.2 Å². The summed E-state index contributed by atoms with van der Waals surface area (Å²) in [6.07, 6.45) is 3.09. The fourth-order valence-electron chi connectivity index (χ4n) is 3.96. The van der Waals surface area contributed by atoms with Gasteiger partial charge in [-0.15, -0.1) is 0 Å². The van der Waals surface area contributed by atoms with Crippen LogP contribution >= 0.6 is 11.6 Å². The highest BCUT2D eigenvalue weighted by Crippen LogP contribution is 2.30. The number of esters is 1. The average Bonchev–Trinajstić information content (AvgIpc) is 3.36. The largest absolute Gasteiger partial charge is 0.454 e. The van der Waals surface area contributed by atoms with Gasteiger partial charge in [-0.05, 0) is 39.3 Å². The van der Waals surface area contributed by atoms with Crippen molar-refractivity contribution in [1.29, 1.82) is 0 Å². The van der Waals surface area contributed by atoms with Crippen LogP contribution in [0.4, 0.5) is 0 Å². The Labute approximate surface area is 198 Å². The number of ketones is 1. The molecule has 1 fully saturated rings. The average molecular weight is 498 g/mol. The Morgan fingerprint density at radius 3 is 2.67 bits per heavy atom. The van der Waals surface area contributed by atoms with Crippen LogP contribution in [-0.2, 0) is 30.7 Å². The number of carbonyl (C=O) groups excluding carboxylic acids is 2. The Morgan fingerprint density at radius 2 is 2.03 bits per heavy atom. The van der Waals surface area contributed by atoms with Gasteiger partial charge in [0.25, 0.3) is 0 Å². The number of hydrogen-bond acceptors (Lipinski definition) is 7. The molecule has 0 N–H and O–H groups in total. The first kappa shape index (κ1) is 25.2. The number of hydrogen-bond donors (Lipinski definition) is 0. The summed E-state index contributed by atoms with van der Waals surface area (Å²) in [4.78, 5) is 24.8. The number of methoxy groups -OCH3 is 1. The van der Waals surface area contributed by atoms with Crippen LogP contribution in [0.15, 0.2) is 12.1 Å². The normalized spacial score (nSPS) is 17.7. The fraction of sp³-hybridized carbons (Fsp3) is 0.500. The van der Waals surface area contributed by atoms with E-state index in [1.807, 2.05) is 18.4 Å². The van der Waals surface area contributed by atoms with Crippen LogP contribution in [0.2, 0.25) is 5.15 Å². The molecule has 0 unspecified atom stereocenters. The van der Waals surface area contributed by atoms with Gasteiger partial charge in [0.2, 0.25) is 5.78 Å². The molecule has 0 aromatic carbocycles. The van der Waals surface area contributed by atoms with Crippen LogP contribution in [0, 0.1) is 20.8 Å². The predicted molar refractivity (Wildman–Crippen MR) is 124 cm³/mol. The van der Waals surface area contributed by atoms with Gasteiger partial charge in [-0.25, -0.2) is 17.9 Å². The number of ether oxygens (including phenoxy) is 2. The molecule has 2 aromatic heterocycles. The minimum atomic E-state index is -3.09. The molecule has 1 aliphatic heterocycles. The predicted octanol–water partition coefficient (Wildman–Crippen LogP) is 2.71. The van der Waals surface area contributed by atoms with Gasteiger partial charge in [0.1, 0.15) is 5.15 Å². The summed E-state index contributed by atoms with van der Waals surface area (Å²) in [6, 6.07) is 1.45. The van der Waals surface area contributed by atoms with Gasteiger partial charge in [-0.3, -0.25) is 4.79 Å². The van der Waals surface area contributed by atoms with E-state index in [-0.39, 0.29) is 35.1 Å². The van der Waals surface area contributed by atoms with E-state index in [1.54, 1.807) is 20.1 Å². The minimum Gasteiger partial charge on any atom is -0.454 e. The molecule has 0 saturated carbocycles. The summed E-state index contributed by atoms with van der Waals surface area (Å²) in [6.45, 7) is 6.24. The highest BCUT2D eigenvalue weighted by atomic mass is 35.5. The molecule has 1 atom stereocenters. The van der Waals surface area contributed by atoms with Gasteiger partial charge in [0.15, 0.2) is 16.4 Å². The van der Waals surface area contributed by atoms with E-state index in [4.69, 9.17) is 21.1 Å². The Balaban J connectivity index is 1.63. The van der Waals surface area contributed by atoms with Gasteiger partial charge in [0.05, 0.1) is 29.8 Å². The topological polar surface area (TPSA) is 109 Å². The van der Waals surface area contributed by atoms with Crippen molar-refractivity contribution in [1.82, 2.24) is 14.3 Å². The number of nitrogens with zero attached hydrogens (tertiary/aromatic N) is 3. The Kier molecular flexibility index (Phi) is 7.81. The highest BCUT2D eigenvalue weighted by molar-refractivity contribution is 7.91. The van der Waals surface area contributed by atoms with Gasteiger partial charge >= 0.3 is 5.97 Å². The van der Waals surface area contributed by atoms with Crippen LogP contribution in [-0.4, -0.2) is 66.3 Å². The number of rotatable bonds is 9. The second kappa shape index (κ2) is 10.2. The first-order valence-electron chi connectivity index (χ1n) is 10.5. The molecule has 1 aliphatic rings. The number of carbonyl (C=O) groups is 2. The third kappa shape index (κ3) is 5.74. The lowest BCUT2D eigenvalue weighted by Crippen LogP contribution is -2.14. The second-order valence-corrected chi connectivity index (χ2v) is 10.7. The Bertz CT molecular complexity index is 1200. The molecule has 9 nitrogen and oxygen atoms in total. The first-order chi connectivity index (χ1) is 15.5. The molecular weight excluding hydrogens is 470 g/mol. The summed E-state index contributed by atoms with van der Waals surface area (Å²) in [5.41, 5.74) is 3.30. The highest BCUT2D eigenvalue weighted by Gasteiger charge is 2.31. The smallest absolute Gasteiger partial charge is 0.331 e. The van der Waals surface area contributed by atoms with Crippen molar-refractivity contribution in [2.45, 2.75) is 39.8 Å². The summed E-state index contributed by atoms with van der Waals surface area (Å²) in [7, 11) is -1.47. The first-order valence-corrected chi connectivity index (χ1v) is 12.7. The van der Waals surface area contributed by atoms with Gasteiger partial charge < -0.3 is 14.0 Å². The number of halogens is 1. The number of aryl methyl sites for hydroxylation is 2. The zero-order valence-corrected chi connectivity index (χ0v) is 20.7. The van der Waals surface area contributed by atoms with E-state index in [2.05, 4.69) is 5.10 Å². The molecule has 0 spiro atoms. The number of sulfone groups is 1. The molecule has 0 bridgehead atoms. The van der Waals surface area contributed by atoms with Crippen molar-refractivity contribution in [3.05, 3.63) is 45.5 Å². The number of aromatic nitrogens is 3. The Morgan fingerprint density at radius 1 is 1.30 bits per heavy atom. The molecule has 0 amide bonds. The van der Waals surface area contributed by atoms with Crippen LogP contribution in [0.5, 0.6) is 0 Å². The van der Waals surface area contributed by atoms with Gasteiger partial charge in [-0.2, -0.15) is 5.10 Å². The van der Waals surface area contributed by atoms with Crippen LogP contribution in [0.25, 0.3) is 6.08 Å². The fourth-order valence-corrected chi connectivity index (χ4v) is 6.02. The van der Waals surface area contributed by atoms with E-state index in [0.29, 0.717) is 36.4 Å². The molecule has 0 aliphatic carbocycles. The standard InChI is InChI=1S/C22H28ClN3O6S/c1-14-11-19(16(3)25(14)8-9-31-4)20(27)12-32-21(28)6-5-18-15(2)24-26(22(18)23)17-7-10-33(29,30)13-17/h5-6,11,17H,7-10,12-13H2,1-4H3/b6-5+/t17-/m0/s1. The van der Waals surface area contributed by atoms with Crippen LogP contribution in [0.3, 0.4) is 0 Å². The monoisotopic (exact) mass is 497 g/mol. The van der Waals surface area contributed by atoms with Crippen LogP contribution < -0.4 is 0 Å². The van der Waals surface area contributed by atoms with E-state index in [1.165, 1.54) is 16.8 Å². The van der Waals surface area contributed by atoms with Crippen molar-refractivity contribution in [3.63, 3.8) is 0 Å². The molecule has 180 valence electrons. The molecule has 33 heavy (non-hydrogen) atoms. The minimum absolute atomic E-state index is 0.00671. The van der Waals surface area contributed by atoms with Gasteiger partial charge in [-0.1, -0.05) is 11.6 Å². The third-order valence-electron chi connectivity index (χ3n) is 5.75. The van der Waals surface area contributed by atoms with Crippen molar-refractivity contribution >= 4 is 39.3 Å².